The van der Waals surface area contributed by atoms with Gasteiger partial charge in [-0.05, 0) is 77.0 Å². The summed E-state index contributed by atoms with van der Waals surface area (Å²) in [5.41, 5.74) is 0. The highest BCUT2D eigenvalue weighted by Crippen LogP contribution is 2.16. The zero-order valence-electron chi connectivity index (χ0n) is 42.5. The predicted octanol–water partition coefficient (Wildman–Crippen LogP) is 18.0. The fourth-order valence-corrected chi connectivity index (χ4v) is 7.43. The van der Waals surface area contributed by atoms with E-state index < -0.39 is 6.10 Å². The molecule has 0 N–H and O–H groups in total. The van der Waals surface area contributed by atoms with Crippen LogP contribution >= 0.6 is 0 Å². The van der Waals surface area contributed by atoms with Gasteiger partial charge in [-0.15, -0.1) is 0 Å². The van der Waals surface area contributed by atoms with Crippen LogP contribution in [-0.4, -0.2) is 37.2 Å². The first-order valence-electron chi connectivity index (χ1n) is 27.1. The SMILES string of the molecule is CC/C=C/C=C/C=C/CCCCCCCC(=O)OCC(COC(=O)CCCCCCCCCCCCCCCCCCCC)OC(=O)CCCCC/C=C/C/C=C/C/C=C/C/C=C/CC. The van der Waals surface area contributed by atoms with Gasteiger partial charge in [0.1, 0.15) is 13.2 Å². The van der Waals surface area contributed by atoms with E-state index in [-0.39, 0.29) is 37.5 Å². The number of allylic oxidation sites excluding steroid dienone is 14. The van der Waals surface area contributed by atoms with Crippen molar-refractivity contribution in [1.29, 1.82) is 0 Å². The van der Waals surface area contributed by atoms with Crippen LogP contribution in [-0.2, 0) is 28.6 Å². The maximum absolute atomic E-state index is 12.8. The van der Waals surface area contributed by atoms with Gasteiger partial charge in [-0.3, -0.25) is 14.4 Å². The Bertz CT molecular complexity index is 1270. The second-order valence-corrected chi connectivity index (χ2v) is 17.8. The van der Waals surface area contributed by atoms with Crippen LogP contribution in [0.5, 0.6) is 0 Å². The normalized spacial score (nSPS) is 12.7. The van der Waals surface area contributed by atoms with Gasteiger partial charge in [-0.1, -0.05) is 241 Å². The van der Waals surface area contributed by atoms with Gasteiger partial charge in [0.2, 0.25) is 0 Å². The molecular weight excluding hydrogens is 805 g/mol. The van der Waals surface area contributed by atoms with E-state index in [1.54, 1.807) is 0 Å². The predicted molar refractivity (Wildman–Crippen MR) is 279 cm³/mol. The quantitative estimate of drug-likeness (QED) is 0.0199. The van der Waals surface area contributed by atoms with Crippen LogP contribution in [0.15, 0.2) is 85.1 Å². The lowest BCUT2D eigenvalue weighted by Crippen LogP contribution is -2.30. The largest absolute Gasteiger partial charge is 0.462 e. The van der Waals surface area contributed by atoms with E-state index in [1.807, 2.05) is 0 Å². The maximum Gasteiger partial charge on any atom is 0.306 e. The van der Waals surface area contributed by atoms with Crippen molar-refractivity contribution in [3.63, 3.8) is 0 Å². The minimum absolute atomic E-state index is 0.0948. The lowest BCUT2D eigenvalue weighted by Gasteiger charge is -2.18. The molecule has 6 nitrogen and oxygen atoms in total. The highest BCUT2D eigenvalue weighted by atomic mass is 16.6. The minimum Gasteiger partial charge on any atom is -0.462 e. The second kappa shape index (κ2) is 53.2. The first-order valence-corrected chi connectivity index (χ1v) is 27.1. The number of rotatable bonds is 48. The summed E-state index contributed by atoms with van der Waals surface area (Å²) in [7, 11) is 0. The van der Waals surface area contributed by atoms with Crippen LogP contribution in [0.3, 0.4) is 0 Å². The van der Waals surface area contributed by atoms with Gasteiger partial charge in [0.05, 0.1) is 0 Å². The molecule has 0 aliphatic carbocycles. The fourth-order valence-electron chi connectivity index (χ4n) is 7.43. The van der Waals surface area contributed by atoms with Gasteiger partial charge in [-0.25, -0.2) is 0 Å². The Kier molecular flexibility index (Phi) is 50.4. The Morgan fingerprint density at radius 2 is 0.677 bits per heavy atom. The molecule has 0 aliphatic heterocycles. The monoisotopic (exact) mass is 905 g/mol. The minimum atomic E-state index is -0.800. The van der Waals surface area contributed by atoms with Gasteiger partial charge in [0, 0.05) is 19.3 Å². The molecule has 6 heteroatoms. The van der Waals surface area contributed by atoms with Gasteiger partial charge in [-0.2, -0.15) is 0 Å². The molecule has 0 rings (SSSR count). The number of unbranched alkanes of at least 4 members (excludes halogenated alkanes) is 25. The van der Waals surface area contributed by atoms with E-state index in [4.69, 9.17) is 14.2 Å². The first-order chi connectivity index (χ1) is 32.0. The molecule has 0 radical (unpaired) electrons. The number of esters is 3. The number of carbonyl (C=O) groups is 3. The molecule has 0 saturated carbocycles. The van der Waals surface area contributed by atoms with E-state index in [0.29, 0.717) is 12.8 Å². The summed E-state index contributed by atoms with van der Waals surface area (Å²) in [6, 6.07) is 0. The van der Waals surface area contributed by atoms with E-state index in [0.717, 1.165) is 116 Å². The van der Waals surface area contributed by atoms with Crippen molar-refractivity contribution in [2.75, 3.05) is 13.2 Å². The van der Waals surface area contributed by atoms with Crippen LogP contribution in [0.25, 0.3) is 0 Å². The molecule has 0 aromatic rings. The Morgan fingerprint density at radius 1 is 0.338 bits per heavy atom. The van der Waals surface area contributed by atoms with Crippen molar-refractivity contribution in [2.45, 2.75) is 258 Å². The zero-order valence-corrected chi connectivity index (χ0v) is 42.5. The third-order valence-electron chi connectivity index (χ3n) is 11.5. The topological polar surface area (TPSA) is 78.9 Å². The van der Waals surface area contributed by atoms with Crippen molar-refractivity contribution in [3.8, 4) is 0 Å². The third kappa shape index (κ3) is 51.4. The van der Waals surface area contributed by atoms with Gasteiger partial charge in [0.25, 0.3) is 0 Å². The van der Waals surface area contributed by atoms with Crippen molar-refractivity contribution >= 4 is 17.9 Å². The smallest absolute Gasteiger partial charge is 0.306 e. The van der Waals surface area contributed by atoms with E-state index in [1.165, 1.54) is 96.3 Å². The Labute approximate surface area is 401 Å². The molecule has 372 valence electrons. The highest BCUT2D eigenvalue weighted by molar-refractivity contribution is 5.71. The summed E-state index contributed by atoms with van der Waals surface area (Å²) in [6.45, 7) is 6.36. The molecule has 1 atom stereocenters. The van der Waals surface area contributed by atoms with E-state index in [2.05, 4.69) is 106 Å². The molecule has 65 heavy (non-hydrogen) atoms. The molecule has 0 amide bonds. The molecule has 0 aliphatic rings. The van der Waals surface area contributed by atoms with Gasteiger partial charge < -0.3 is 14.2 Å². The average Bonchev–Trinajstić information content (AvgIpc) is 3.30. The summed E-state index contributed by atoms with van der Waals surface area (Å²) in [5.74, 6) is -0.944. The van der Waals surface area contributed by atoms with Crippen LogP contribution in [0, 0.1) is 0 Å². The van der Waals surface area contributed by atoms with Crippen LogP contribution in [0.1, 0.15) is 252 Å². The molecule has 0 bridgehead atoms. The molecule has 0 heterocycles. The molecule has 0 aromatic carbocycles. The molecule has 0 fully saturated rings. The number of carbonyl (C=O) groups excluding carboxylic acids is 3. The van der Waals surface area contributed by atoms with E-state index >= 15 is 0 Å². The summed E-state index contributed by atoms with van der Waals surface area (Å²) in [4.78, 5) is 38.0. The van der Waals surface area contributed by atoms with Crippen molar-refractivity contribution < 1.29 is 28.6 Å². The summed E-state index contributed by atoms with van der Waals surface area (Å²) in [6.07, 6.45) is 68.6. The van der Waals surface area contributed by atoms with Crippen LogP contribution in [0.2, 0.25) is 0 Å². The van der Waals surface area contributed by atoms with Crippen LogP contribution < -0.4 is 0 Å². The number of hydrogen-bond acceptors (Lipinski definition) is 6. The molecule has 0 aromatic heterocycles. The lowest BCUT2D eigenvalue weighted by atomic mass is 10.0. The third-order valence-corrected chi connectivity index (χ3v) is 11.5. The number of ether oxygens (including phenoxy) is 3. The second-order valence-electron chi connectivity index (χ2n) is 17.8. The summed E-state index contributed by atoms with van der Waals surface area (Å²) >= 11 is 0. The highest BCUT2D eigenvalue weighted by Gasteiger charge is 2.19. The number of hydrogen-bond donors (Lipinski definition) is 0. The zero-order chi connectivity index (χ0) is 47.2. The molecular formula is C59H100O6. The standard InChI is InChI=1S/C59H100O6/c1-4-7-10-13-16-19-22-25-27-29-30-32-34-37-40-43-46-49-52-58(61)64-55-56(54-63-57(60)51-48-45-42-39-36-33-24-21-18-15-12-9-6-3)65-59(62)53-50-47-44-41-38-35-31-28-26-23-20-17-14-11-8-5-2/h8-9,11-12,15,17-18,20-21,24,26,28,35,38,56H,4-7,10,13-14,16,19,22-23,25,27,29-34,36-37,39-55H2,1-3H3/b11-8+,12-9+,18-15+,20-17+,24-21+,28-26+,38-35+. The Morgan fingerprint density at radius 3 is 1.12 bits per heavy atom. The van der Waals surface area contributed by atoms with Crippen molar-refractivity contribution in [3.05, 3.63) is 85.1 Å². The first kappa shape index (κ1) is 61.6. The Balaban J connectivity index is 4.42. The molecule has 1 unspecified atom stereocenters. The molecule has 0 spiro atoms. The lowest BCUT2D eigenvalue weighted by molar-refractivity contribution is -0.167. The molecule has 0 saturated heterocycles. The Hall–Kier alpha value is -3.41. The van der Waals surface area contributed by atoms with Crippen LogP contribution in [0.4, 0.5) is 0 Å². The maximum atomic E-state index is 12.8. The van der Waals surface area contributed by atoms with Gasteiger partial charge in [0.15, 0.2) is 6.10 Å². The van der Waals surface area contributed by atoms with Gasteiger partial charge >= 0.3 is 17.9 Å². The average molecular weight is 905 g/mol. The fraction of sp³-hybridized carbons (Fsp3) is 0.712. The summed E-state index contributed by atoms with van der Waals surface area (Å²) < 4.78 is 16.8. The van der Waals surface area contributed by atoms with Crippen molar-refractivity contribution in [2.24, 2.45) is 0 Å². The van der Waals surface area contributed by atoms with Crippen molar-refractivity contribution in [1.82, 2.24) is 0 Å². The van der Waals surface area contributed by atoms with E-state index in [9.17, 15) is 14.4 Å². The summed E-state index contributed by atoms with van der Waals surface area (Å²) in [5, 5.41) is 0.